The van der Waals surface area contributed by atoms with Crippen molar-refractivity contribution in [2.45, 2.75) is 26.5 Å². The lowest BCUT2D eigenvalue weighted by molar-refractivity contribution is -0.929. The highest BCUT2D eigenvalue weighted by Crippen LogP contribution is 2.10. The summed E-state index contributed by atoms with van der Waals surface area (Å²) < 4.78 is 0.583. The normalized spacial score (nSPS) is 13.5. The highest BCUT2D eigenvalue weighted by atomic mass is 17.2. The van der Waals surface area contributed by atoms with Gasteiger partial charge in [-0.05, 0) is 6.92 Å². The van der Waals surface area contributed by atoms with Crippen molar-refractivity contribution in [1.82, 2.24) is 0 Å². The van der Waals surface area contributed by atoms with E-state index in [0.29, 0.717) is 10.1 Å². The van der Waals surface area contributed by atoms with Crippen LogP contribution >= 0.6 is 0 Å². The molecule has 0 fully saturated rings. The third-order valence-corrected chi connectivity index (χ3v) is 1.80. The Labute approximate surface area is 85.6 Å². The van der Waals surface area contributed by atoms with E-state index in [0.717, 1.165) is 6.42 Å². The van der Waals surface area contributed by atoms with Gasteiger partial charge in [-0.1, -0.05) is 13.5 Å². The van der Waals surface area contributed by atoms with Gasteiger partial charge in [-0.2, -0.15) is 0 Å². The van der Waals surface area contributed by atoms with Crippen molar-refractivity contribution in [3.05, 3.63) is 12.2 Å². The summed E-state index contributed by atoms with van der Waals surface area (Å²) in [5.41, 5.74) is 0.335. The molecule has 0 N–H and O–H groups in total. The SMILES string of the molecule is C=C(C)C(=O)OOC(CC)[N+](C)(C)C. The average Bonchev–Trinajstić information content (AvgIpc) is 2.02. The van der Waals surface area contributed by atoms with Crippen LogP contribution in [-0.2, 0) is 14.6 Å². The van der Waals surface area contributed by atoms with Crippen molar-refractivity contribution in [3.63, 3.8) is 0 Å². The maximum absolute atomic E-state index is 11.0. The van der Waals surface area contributed by atoms with Crippen molar-refractivity contribution in [2.24, 2.45) is 0 Å². The van der Waals surface area contributed by atoms with Gasteiger partial charge in [0.05, 0.1) is 21.1 Å². The van der Waals surface area contributed by atoms with Crippen LogP contribution in [0.1, 0.15) is 20.3 Å². The van der Waals surface area contributed by atoms with Crippen LogP contribution in [0.2, 0.25) is 0 Å². The van der Waals surface area contributed by atoms with Gasteiger partial charge in [0, 0.05) is 12.0 Å². The quantitative estimate of drug-likeness (QED) is 0.223. The number of carbonyl (C=O) groups excluding carboxylic acids is 1. The number of hydrogen-bond donors (Lipinski definition) is 0. The molecule has 0 spiro atoms. The second-order valence-electron chi connectivity index (χ2n) is 4.23. The third-order valence-electron chi connectivity index (χ3n) is 1.80. The lowest BCUT2D eigenvalue weighted by Gasteiger charge is -2.31. The topological polar surface area (TPSA) is 35.5 Å². The number of nitrogens with zero attached hydrogens (tertiary/aromatic N) is 1. The molecule has 82 valence electrons. The van der Waals surface area contributed by atoms with Crippen LogP contribution in [-0.4, -0.2) is 37.8 Å². The fourth-order valence-electron chi connectivity index (χ4n) is 0.915. The Bertz CT molecular complexity index is 218. The lowest BCUT2D eigenvalue weighted by atomic mass is 10.3. The molecule has 0 amide bonds. The predicted molar refractivity (Wildman–Crippen MR) is 54.1 cm³/mol. The Morgan fingerprint density at radius 3 is 2.21 bits per heavy atom. The largest absolute Gasteiger partial charge is 0.368 e. The highest BCUT2D eigenvalue weighted by molar-refractivity contribution is 5.86. The molecule has 0 saturated heterocycles. The van der Waals surface area contributed by atoms with Gasteiger partial charge >= 0.3 is 5.97 Å². The van der Waals surface area contributed by atoms with E-state index in [-0.39, 0.29) is 6.23 Å². The second kappa shape index (κ2) is 5.12. The molecular weight excluding hydrogens is 182 g/mol. The monoisotopic (exact) mass is 202 g/mol. The minimum absolute atomic E-state index is 0.154. The second-order valence-corrected chi connectivity index (χ2v) is 4.23. The summed E-state index contributed by atoms with van der Waals surface area (Å²) in [6.45, 7) is 7.02. The van der Waals surface area contributed by atoms with E-state index in [9.17, 15) is 4.79 Å². The van der Waals surface area contributed by atoms with Gasteiger partial charge in [0.2, 0.25) is 6.23 Å². The van der Waals surface area contributed by atoms with E-state index >= 15 is 0 Å². The maximum atomic E-state index is 11.0. The van der Waals surface area contributed by atoms with Crippen molar-refractivity contribution < 1.29 is 19.1 Å². The Kier molecular flexibility index (Phi) is 4.80. The highest BCUT2D eigenvalue weighted by Gasteiger charge is 2.25. The first-order valence-corrected chi connectivity index (χ1v) is 4.63. The molecule has 0 aromatic heterocycles. The van der Waals surface area contributed by atoms with Crippen molar-refractivity contribution >= 4 is 5.97 Å². The minimum Gasteiger partial charge on any atom is -0.303 e. The molecule has 0 aromatic rings. The molecule has 4 heteroatoms. The van der Waals surface area contributed by atoms with Gasteiger partial charge < -0.3 is 4.48 Å². The molecule has 0 radical (unpaired) electrons. The van der Waals surface area contributed by atoms with Gasteiger partial charge in [-0.3, -0.25) is 4.89 Å². The van der Waals surface area contributed by atoms with E-state index < -0.39 is 5.97 Å². The standard InChI is InChI=1S/C10H20NO3/c1-7-9(11(4,5)6)13-14-10(12)8(2)3/h9H,2,7H2,1,3-6H3/q+1. The van der Waals surface area contributed by atoms with Gasteiger partial charge in [0.15, 0.2) is 0 Å². The summed E-state index contributed by atoms with van der Waals surface area (Å²) in [5.74, 6) is -0.517. The minimum atomic E-state index is -0.517. The molecule has 0 bridgehead atoms. The van der Waals surface area contributed by atoms with Crippen LogP contribution < -0.4 is 0 Å². The molecule has 0 aromatic carbocycles. The fraction of sp³-hybridized carbons (Fsp3) is 0.700. The molecule has 4 nitrogen and oxygen atoms in total. The third kappa shape index (κ3) is 4.39. The van der Waals surface area contributed by atoms with Crippen molar-refractivity contribution in [2.75, 3.05) is 21.1 Å². The Morgan fingerprint density at radius 1 is 1.43 bits per heavy atom. The van der Waals surface area contributed by atoms with E-state index in [1.165, 1.54) is 0 Å². The lowest BCUT2D eigenvalue weighted by Crippen LogP contribution is -2.46. The smallest absolute Gasteiger partial charge is 0.303 e. The van der Waals surface area contributed by atoms with Crippen LogP contribution in [0.15, 0.2) is 12.2 Å². The van der Waals surface area contributed by atoms with Crippen molar-refractivity contribution in [3.8, 4) is 0 Å². The van der Waals surface area contributed by atoms with Gasteiger partial charge in [0.1, 0.15) is 0 Å². The molecule has 1 unspecified atom stereocenters. The molecule has 0 saturated carbocycles. The molecule has 1 atom stereocenters. The van der Waals surface area contributed by atoms with E-state index in [1.54, 1.807) is 6.92 Å². The average molecular weight is 202 g/mol. The molecule has 0 rings (SSSR count). The van der Waals surface area contributed by atoms with Crippen molar-refractivity contribution in [1.29, 1.82) is 0 Å². The predicted octanol–water partition coefficient (Wildman–Crippen LogP) is 1.48. The number of rotatable bonds is 5. The zero-order valence-electron chi connectivity index (χ0n) is 9.66. The zero-order valence-corrected chi connectivity index (χ0v) is 9.66. The molecule has 0 heterocycles. The summed E-state index contributed by atoms with van der Waals surface area (Å²) in [5, 5.41) is 0. The molecule has 14 heavy (non-hydrogen) atoms. The summed E-state index contributed by atoms with van der Waals surface area (Å²) in [7, 11) is 5.92. The van der Waals surface area contributed by atoms with Gasteiger partial charge in [0.25, 0.3) is 0 Å². The van der Waals surface area contributed by atoms with E-state index in [4.69, 9.17) is 4.89 Å². The van der Waals surface area contributed by atoms with Crippen LogP contribution in [0.4, 0.5) is 0 Å². The van der Waals surface area contributed by atoms with Crippen LogP contribution in [0.3, 0.4) is 0 Å². The fourth-order valence-corrected chi connectivity index (χ4v) is 0.915. The van der Waals surface area contributed by atoms with E-state index in [2.05, 4.69) is 11.5 Å². The van der Waals surface area contributed by atoms with Crippen LogP contribution in [0.5, 0.6) is 0 Å². The Hall–Kier alpha value is -0.870. The van der Waals surface area contributed by atoms with Crippen LogP contribution in [0, 0.1) is 0 Å². The summed E-state index contributed by atoms with van der Waals surface area (Å²) in [6, 6.07) is 0. The molecule has 0 aliphatic rings. The maximum Gasteiger partial charge on any atom is 0.368 e. The Balaban J connectivity index is 4.10. The number of hydrogen-bond acceptors (Lipinski definition) is 3. The molecule has 0 aliphatic carbocycles. The van der Waals surface area contributed by atoms with E-state index in [1.807, 2.05) is 28.1 Å². The van der Waals surface area contributed by atoms with Crippen LogP contribution in [0.25, 0.3) is 0 Å². The van der Waals surface area contributed by atoms with Gasteiger partial charge in [-0.25, -0.2) is 4.79 Å². The summed E-state index contributed by atoms with van der Waals surface area (Å²) in [4.78, 5) is 20.7. The number of carbonyl (C=O) groups is 1. The first kappa shape index (κ1) is 13.1. The first-order valence-electron chi connectivity index (χ1n) is 4.63. The van der Waals surface area contributed by atoms with Gasteiger partial charge in [-0.15, -0.1) is 4.89 Å². The summed E-state index contributed by atoms with van der Waals surface area (Å²) in [6.07, 6.45) is 0.616. The molecule has 0 aliphatic heterocycles. The number of quaternary nitrogens is 1. The molecular formula is C10H20NO3+. The summed E-state index contributed by atoms with van der Waals surface area (Å²) >= 11 is 0. The Morgan fingerprint density at radius 2 is 1.93 bits per heavy atom. The first-order chi connectivity index (χ1) is 6.29. The zero-order chi connectivity index (χ0) is 11.4.